The SMILES string of the molecule is CC1=C(/C=C(\C)C#N)C(=O)c2cc(C#N)sc2CC1. The highest BCUT2D eigenvalue weighted by Crippen LogP contribution is 2.31. The van der Waals surface area contributed by atoms with Crippen molar-refractivity contribution in [3.05, 3.63) is 44.2 Å². The molecule has 94 valence electrons. The van der Waals surface area contributed by atoms with E-state index in [1.54, 1.807) is 19.1 Å². The van der Waals surface area contributed by atoms with Gasteiger partial charge >= 0.3 is 0 Å². The zero-order valence-electron chi connectivity index (χ0n) is 10.8. The van der Waals surface area contributed by atoms with E-state index in [2.05, 4.69) is 6.07 Å². The zero-order chi connectivity index (χ0) is 14.0. The number of carbonyl (C=O) groups is 1. The summed E-state index contributed by atoms with van der Waals surface area (Å²) in [5, 5.41) is 17.8. The Bertz CT molecular complexity index is 693. The second-order valence-corrected chi connectivity index (χ2v) is 5.66. The molecule has 0 aliphatic heterocycles. The maximum Gasteiger partial charge on any atom is 0.194 e. The van der Waals surface area contributed by atoms with E-state index in [0.29, 0.717) is 21.6 Å². The lowest BCUT2D eigenvalue weighted by Gasteiger charge is -2.03. The number of hydrogen-bond acceptors (Lipinski definition) is 4. The van der Waals surface area contributed by atoms with Crippen molar-refractivity contribution in [1.82, 2.24) is 0 Å². The van der Waals surface area contributed by atoms with Crippen LogP contribution in [-0.4, -0.2) is 5.78 Å². The molecule has 0 spiro atoms. The molecular weight excluding hydrogens is 256 g/mol. The first-order valence-corrected chi connectivity index (χ1v) is 6.74. The van der Waals surface area contributed by atoms with Gasteiger partial charge in [0.2, 0.25) is 0 Å². The molecule has 0 radical (unpaired) electrons. The first-order chi connectivity index (χ1) is 9.06. The molecule has 1 aromatic rings. The minimum absolute atomic E-state index is 0.0719. The predicted molar refractivity (Wildman–Crippen MR) is 73.8 cm³/mol. The summed E-state index contributed by atoms with van der Waals surface area (Å²) in [5.74, 6) is -0.0719. The number of rotatable bonds is 1. The van der Waals surface area contributed by atoms with Crippen LogP contribution in [0.3, 0.4) is 0 Å². The standard InChI is InChI=1S/C15H12N2OS/c1-9(7-16)5-12-10(2)3-4-14-13(15(12)18)6-11(8-17)19-14/h5-6H,3-4H2,1-2H3/b9-5+. The third-order valence-electron chi connectivity index (χ3n) is 3.13. The lowest BCUT2D eigenvalue weighted by Crippen LogP contribution is -2.02. The van der Waals surface area contributed by atoms with Gasteiger partial charge in [-0.2, -0.15) is 10.5 Å². The van der Waals surface area contributed by atoms with Gasteiger partial charge in [-0.3, -0.25) is 4.79 Å². The Morgan fingerprint density at radius 3 is 2.79 bits per heavy atom. The predicted octanol–water partition coefficient (Wildman–Crippen LogP) is 3.54. The van der Waals surface area contributed by atoms with Crippen LogP contribution in [0.2, 0.25) is 0 Å². The van der Waals surface area contributed by atoms with Crippen LogP contribution in [0.4, 0.5) is 0 Å². The van der Waals surface area contributed by atoms with Crippen molar-refractivity contribution >= 4 is 17.1 Å². The minimum Gasteiger partial charge on any atom is -0.289 e. The molecule has 0 saturated heterocycles. The van der Waals surface area contributed by atoms with Crippen LogP contribution in [0, 0.1) is 22.7 Å². The number of aryl methyl sites for hydroxylation is 1. The van der Waals surface area contributed by atoms with Crippen LogP contribution < -0.4 is 0 Å². The number of nitrogens with zero attached hydrogens (tertiary/aromatic N) is 2. The van der Waals surface area contributed by atoms with Gasteiger partial charge in [0.05, 0.1) is 6.07 Å². The van der Waals surface area contributed by atoms with Gasteiger partial charge in [-0.05, 0) is 38.8 Å². The maximum absolute atomic E-state index is 12.5. The number of hydrogen-bond donors (Lipinski definition) is 0. The Labute approximate surface area is 116 Å². The van der Waals surface area contributed by atoms with Crippen LogP contribution in [0.25, 0.3) is 0 Å². The fourth-order valence-electron chi connectivity index (χ4n) is 2.07. The van der Waals surface area contributed by atoms with Crippen molar-refractivity contribution in [2.24, 2.45) is 0 Å². The molecule has 0 N–H and O–H groups in total. The highest BCUT2D eigenvalue weighted by atomic mass is 32.1. The highest BCUT2D eigenvalue weighted by molar-refractivity contribution is 7.12. The fraction of sp³-hybridized carbons (Fsp3) is 0.267. The third-order valence-corrected chi connectivity index (χ3v) is 4.23. The Kier molecular flexibility index (Phi) is 3.64. The van der Waals surface area contributed by atoms with Gasteiger partial charge in [-0.25, -0.2) is 0 Å². The fourth-order valence-corrected chi connectivity index (χ4v) is 3.03. The molecule has 2 rings (SSSR count). The van der Waals surface area contributed by atoms with E-state index in [0.717, 1.165) is 23.3 Å². The number of fused-ring (bicyclic) bond motifs is 1. The van der Waals surface area contributed by atoms with Gasteiger partial charge in [0.1, 0.15) is 10.9 Å². The molecule has 0 amide bonds. The molecule has 19 heavy (non-hydrogen) atoms. The van der Waals surface area contributed by atoms with E-state index in [1.807, 2.05) is 13.0 Å². The molecule has 1 aliphatic carbocycles. The Morgan fingerprint density at radius 2 is 2.16 bits per heavy atom. The second kappa shape index (κ2) is 5.22. The smallest absolute Gasteiger partial charge is 0.194 e. The summed E-state index contributed by atoms with van der Waals surface area (Å²) >= 11 is 1.39. The van der Waals surface area contributed by atoms with Gasteiger partial charge in [-0.1, -0.05) is 5.57 Å². The van der Waals surface area contributed by atoms with Crippen LogP contribution in [0.5, 0.6) is 0 Å². The second-order valence-electron chi connectivity index (χ2n) is 4.52. The van der Waals surface area contributed by atoms with Crippen molar-refractivity contribution < 1.29 is 4.79 Å². The summed E-state index contributed by atoms with van der Waals surface area (Å²) in [7, 11) is 0. The van der Waals surface area contributed by atoms with Crippen molar-refractivity contribution in [3.63, 3.8) is 0 Å². The highest BCUT2D eigenvalue weighted by Gasteiger charge is 2.23. The summed E-state index contributed by atoms with van der Waals surface area (Å²) in [6.45, 7) is 3.61. The number of Topliss-reactive ketones (excluding diaryl/α,β-unsaturated/α-hetero) is 1. The van der Waals surface area contributed by atoms with Crippen LogP contribution in [0.15, 0.2) is 28.9 Å². The van der Waals surface area contributed by atoms with E-state index in [-0.39, 0.29) is 5.78 Å². The topological polar surface area (TPSA) is 64.7 Å². The van der Waals surface area contributed by atoms with E-state index in [9.17, 15) is 4.79 Å². The summed E-state index contributed by atoms with van der Waals surface area (Å²) in [4.78, 5) is 14.1. The van der Waals surface area contributed by atoms with Gasteiger partial charge in [0.15, 0.2) is 5.78 Å². The molecule has 1 aliphatic rings. The average Bonchev–Trinajstić information content (AvgIpc) is 2.80. The molecule has 0 bridgehead atoms. The van der Waals surface area contributed by atoms with E-state index in [4.69, 9.17) is 10.5 Å². The van der Waals surface area contributed by atoms with E-state index >= 15 is 0 Å². The molecule has 4 heteroatoms. The first kappa shape index (κ1) is 13.3. The molecule has 3 nitrogen and oxygen atoms in total. The summed E-state index contributed by atoms with van der Waals surface area (Å²) in [5.41, 5.74) is 2.74. The Morgan fingerprint density at radius 1 is 1.42 bits per heavy atom. The van der Waals surface area contributed by atoms with Crippen LogP contribution >= 0.6 is 11.3 Å². The lowest BCUT2D eigenvalue weighted by atomic mass is 9.99. The largest absolute Gasteiger partial charge is 0.289 e. The Balaban J connectivity index is 2.54. The summed E-state index contributed by atoms with van der Waals surface area (Å²) in [6, 6.07) is 5.79. The lowest BCUT2D eigenvalue weighted by molar-refractivity contribution is 0.103. The van der Waals surface area contributed by atoms with Gasteiger partial charge in [0, 0.05) is 21.6 Å². The molecule has 0 fully saturated rings. The first-order valence-electron chi connectivity index (χ1n) is 5.92. The zero-order valence-corrected chi connectivity index (χ0v) is 11.6. The third kappa shape index (κ3) is 2.50. The number of thiophene rings is 1. The molecule has 0 aromatic carbocycles. The maximum atomic E-state index is 12.5. The van der Waals surface area contributed by atoms with Gasteiger partial charge in [-0.15, -0.1) is 11.3 Å². The molecule has 0 unspecified atom stereocenters. The molecule has 1 aromatic heterocycles. The molecule has 1 heterocycles. The molecular formula is C15H12N2OS. The van der Waals surface area contributed by atoms with Crippen molar-refractivity contribution in [1.29, 1.82) is 10.5 Å². The summed E-state index contributed by atoms with van der Waals surface area (Å²) < 4.78 is 0. The quantitative estimate of drug-likeness (QED) is 0.732. The van der Waals surface area contributed by atoms with Crippen molar-refractivity contribution in [2.45, 2.75) is 26.7 Å². The van der Waals surface area contributed by atoms with Crippen LogP contribution in [-0.2, 0) is 6.42 Å². The Hall–Kier alpha value is -2.17. The molecule has 0 atom stereocenters. The van der Waals surface area contributed by atoms with E-state index < -0.39 is 0 Å². The monoisotopic (exact) mass is 268 g/mol. The summed E-state index contributed by atoms with van der Waals surface area (Å²) in [6.07, 6.45) is 3.22. The van der Waals surface area contributed by atoms with Crippen molar-refractivity contribution in [2.75, 3.05) is 0 Å². The number of carbonyl (C=O) groups excluding carboxylic acids is 1. The van der Waals surface area contributed by atoms with Crippen molar-refractivity contribution in [3.8, 4) is 12.1 Å². The average molecular weight is 268 g/mol. The van der Waals surface area contributed by atoms with Crippen LogP contribution in [0.1, 0.15) is 40.4 Å². The number of allylic oxidation sites excluding steroid dienone is 4. The molecule has 0 saturated carbocycles. The number of ketones is 1. The van der Waals surface area contributed by atoms with Gasteiger partial charge in [0.25, 0.3) is 0 Å². The van der Waals surface area contributed by atoms with E-state index in [1.165, 1.54) is 11.3 Å². The minimum atomic E-state index is -0.0719. The number of nitriles is 2. The normalized spacial score (nSPS) is 15.6. The van der Waals surface area contributed by atoms with Gasteiger partial charge < -0.3 is 0 Å².